The van der Waals surface area contributed by atoms with Crippen molar-refractivity contribution in [2.45, 2.75) is 24.8 Å². The molecular weight excluding hydrogens is 440 g/mol. The molecule has 0 radical (unpaired) electrons. The average Bonchev–Trinajstić information content (AvgIpc) is 2.79. The summed E-state index contributed by atoms with van der Waals surface area (Å²) in [5, 5.41) is 20.2. The summed E-state index contributed by atoms with van der Waals surface area (Å²) >= 11 is 0. The summed E-state index contributed by atoms with van der Waals surface area (Å²) < 4.78 is 28.9. The van der Waals surface area contributed by atoms with E-state index in [1.165, 1.54) is 10.4 Å². The van der Waals surface area contributed by atoms with Crippen molar-refractivity contribution in [1.29, 1.82) is 0 Å². The molecule has 1 atom stereocenters. The van der Waals surface area contributed by atoms with Gasteiger partial charge in [-0.2, -0.15) is 4.31 Å². The first kappa shape index (κ1) is 22.7. The highest BCUT2D eigenvalue weighted by Crippen LogP contribution is 2.48. The van der Waals surface area contributed by atoms with Crippen molar-refractivity contribution in [3.63, 3.8) is 0 Å². The number of carbonyl (C=O) groups excluding carboxylic acids is 1. The predicted octanol–water partition coefficient (Wildman–Crippen LogP) is 3.92. The largest absolute Gasteiger partial charge is 0.508 e. The number of pyridine rings is 1. The number of Topliss-reactive ketones (excluding diaryl/α,β-unsaturated/α-hetero) is 1. The summed E-state index contributed by atoms with van der Waals surface area (Å²) in [5.41, 5.74) is 0.345. The minimum absolute atomic E-state index is 0.186. The second kappa shape index (κ2) is 8.46. The first-order valence-corrected chi connectivity index (χ1v) is 11.8. The molecule has 170 valence electrons. The van der Waals surface area contributed by atoms with Gasteiger partial charge in [0.1, 0.15) is 16.4 Å². The summed E-state index contributed by atoms with van der Waals surface area (Å²) in [6, 6.07) is 16.7. The van der Waals surface area contributed by atoms with Gasteiger partial charge in [-0.3, -0.25) is 9.78 Å². The molecule has 3 aromatic rings. The van der Waals surface area contributed by atoms with E-state index in [-0.39, 0.29) is 23.7 Å². The molecule has 0 spiro atoms. The van der Waals surface area contributed by atoms with Crippen LogP contribution in [0.5, 0.6) is 11.5 Å². The van der Waals surface area contributed by atoms with Crippen LogP contribution in [-0.4, -0.2) is 40.2 Å². The van der Waals surface area contributed by atoms with E-state index in [1.54, 1.807) is 68.6 Å². The number of aromatic hydroxyl groups is 2. The standard InChI is InChI=1S/C25H24N2O5S/c1-25(2)23(17-8-4-3-5-9-17)27(33(31,32)22-15-20(28)11-12-21(22)29)16-18(24(25)30)14-19-10-6-7-13-26-19/h3-15,23,28-29H,16H2,1-2H3. The Kier molecular flexibility index (Phi) is 5.82. The number of phenolic OH excluding ortho intramolecular Hbond substituents is 2. The zero-order chi connectivity index (χ0) is 23.8. The minimum atomic E-state index is -4.32. The summed E-state index contributed by atoms with van der Waals surface area (Å²) in [6.07, 6.45) is 3.19. The van der Waals surface area contributed by atoms with Gasteiger partial charge in [0.2, 0.25) is 10.0 Å². The number of rotatable bonds is 4. The van der Waals surface area contributed by atoms with Crippen molar-refractivity contribution >= 4 is 21.9 Å². The number of aromatic nitrogens is 1. The molecule has 2 aromatic carbocycles. The lowest BCUT2D eigenvalue weighted by atomic mass is 9.72. The van der Waals surface area contributed by atoms with Crippen LogP contribution in [0.3, 0.4) is 0 Å². The third-order valence-corrected chi connectivity index (χ3v) is 7.67. The van der Waals surface area contributed by atoms with Gasteiger partial charge < -0.3 is 10.2 Å². The second-order valence-electron chi connectivity index (χ2n) is 8.49. The number of benzene rings is 2. The van der Waals surface area contributed by atoms with Crippen molar-refractivity contribution < 1.29 is 23.4 Å². The van der Waals surface area contributed by atoms with Crippen molar-refractivity contribution in [3.05, 3.63) is 89.8 Å². The van der Waals surface area contributed by atoms with Crippen LogP contribution in [0.4, 0.5) is 0 Å². The molecule has 0 aliphatic carbocycles. The van der Waals surface area contributed by atoms with Gasteiger partial charge in [0.15, 0.2) is 5.78 Å². The van der Waals surface area contributed by atoms with Crippen LogP contribution in [0, 0.1) is 5.41 Å². The van der Waals surface area contributed by atoms with Crippen LogP contribution >= 0.6 is 0 Å². The highest BCUT2D eigenvalue weighted by atomic mass is 32.2. The molecule has 1 fully saturated rings. The number of nitrogens with zero attached hydrogens (tertiary/aromatic N) is 2. The van der Waals surface area contributed by atoms with E-state index in [4.69, 9.17) is 0 Å². The fourth-order valence-corrected chi connectivity index (χ4v) is 6.08. The van der Waals surface area contributed by atoms with Crippen LogP contribution in [0.1, 0.15) is 31.1 Å². The Labute approximate surface area is 192 Å². The van der Waals surface area contributed by atoms with Crippen molar-refractivity contribution in [1.82, 2.24) is 9.29 Å². The molecule has 1 aliphatic rings. The van der Waals surface area contributed by atoms with Crippen LogP contribution in [0.15, 0.2) is 83.4 Å². The molecule has 33 heavy (non-hydrogen) atoms. The maximum Gasteiger partial charge on any atom is 0.247 e. The number of carbonyl (C=O) groups is 1. The molecule has 1 aromatic heterocycles. The molecule has 2 N–H and O–H groups in total. The first-order chi connectivity index (χ1) is 15.6. The van der Waals surface area contributed by atoms with E-state index in [9.17, 15) is 23.4 Å². The lowest BCUT2D eigenvalue weighted by Crippen LogP contribution is -2.52. The van der Waals surface area contributed by atoms with Gasteiger partial charge in [-0.1, -0.05) is 50.2 Å². The van der Waals surface area contributed by atoms with E-state index >= 15 is 0 Å². The summed E-state index contributed by atoms with van der Waals surface area (Å²) in [7, 11) is -4.32. The Morgan fingerprint density at radius 1 is 1.03 bits per heavy atom. The van der Waals surface area contributed by atoms with Gasteiger partial charge in [0.05, 0.1) is 11.7 Å². The highest BCUT2D eigenvalue weighted by molar-refractivity contribution is 7.89. The number of hydrogen-bond donors (Lipinski definition) is 2. The number of hydrogen-bond acceptors (Lipinski definition) is 6. The maximum atomic E-state index is 13.8. The quantitative estimate of drug-likeness (QED) is 0.448. The molecule has 8 heteroatoms. The van der Waals surface area contributed by atoms with E-state index in [0.29, 0.717) is 11.3 Å². The number of ketones is 1. The third-order valence-electron chi connectivity index (χ3n) is 5.83. The van der Waals surface area contributed by atoms with E-state index < -0.39 is 32.1 Å². The molecule has 0 bridgehead atoms. The Morgan fingerprint density at radius 2 is 1.73 bits per heavy atom. The zero-order valence-corrected chi connectivity index (χ0v) is 19.0. The average molecular weight is 465 g/mol. The van der Waals surface area contributed by atoms with Crippen LogP contribution in [0.2, 0.25) is 0 Å². The van der Waals surface area contributed by atoms with Crippen molar-refractivity contribution in [2.24, 2.45) is 5.41 Å². The van der Waals surface area contributed by atoms with Crippen LogP contribution in [-0.2, 0) is 14.8 Å². The van der Waals surface area contributed by atoms with E-state index in [1.807, 2.05) is 6.07 Å². The van der Waals surface area contributed by atoms with Gasteiger partial charge in [-0.05, 0) is 35.9 Å². The first-order valence-electron chi connectivity index (χ1n) is 10.4. The smallest absolute Gasteiger partial charge is 0.247 e. The summed E-state index contributed by atoms with van der Waals surface area (Å²) in [5.74, 6) is -0.961. The van der Waals surface area contributed by atoms with Gasteiger partial charge in [0.25, 0.3) is 0 Å². The zero-order valence-electron chi connectivity index (χ0n) is 18.2. The number of phenols is 2. The molecule has 1 saturated heterocycles. The molecule has 4 rings (SSSR count). The van der Waals surface area contributed by atoms with Crippen molar-refractivity contribution in [3.8, 4) is 11.5 Å². The molecule has 1 aliphatic heterocycles. The Balaban J connectivity index is 1.92. The topological polar surface area (TPSA) is 108 Å². The molecule has 0 amide bonds. The fraction of sp³-hybridized carbons (Fsp3) is 0.200. The van der Waals surface area contributed by atoms with Crippen molar-refractivity contribution in [2.75, 3.05) is 6.54 Å². The predicted molar refractivity (Wildman–Crippen MR) is 124 cm³/mol. The molecule has 1 unspecified atom stereocenters. The molecular formula is C25H24N2O5S. The number of piperidine rings is 1. The number of sulfonamides is 1. The monoisotopic (exact) mass is 464 g/mol. The molecule has 7 nitrogen and oxygen atoms in total. The normalized spacial score (nSPS) is 20.1. The SMILES string of the molecule is CC1(C)C(=O)C(=Cc2ccccn2)CN(S(=O)(=O)c2cc(O)ccc2O)C1c1ccccc1. The maximum absolute atomic E-state index is 13.8. The second-order valence-corrected chi connectivity index (χ2v) is 10.3. The van der Waals surface area contributed by atoms with Crippen LogP contribution < -0.4 is 0 Å². The van der Waals surface area contributed by atoms with E-state index in [2.05, 4.69) is 4.98 Å². The van der Waals surface area contributed by atoms with Crippen LogP contribution in [0.25, 0.3) is 6.08 Å². The lowest BCUT2D eigenvalue weighted by molar-refractivity contribution is -0.128. The van der Waals surface area contributed by atoms with Gasteiger partial charge in [-0.25, -0.2) is 8.42 Å². The molecule has 2 heterocycles. The van der Waals surface area contributed by atoms with Gasteiger partial charge in [0, 0.05) is 29.8 Å². The highest BCUT2D eigenvalue weighted by Gasteiger charge is 2.51. The molecule has 0 saturated carbocycles. The third kappa shape index (κ3) is 4.15. The lowest BCUT2D eigenvalue weighted by Gasteiger charge is -2.45. The Morgan fingerprint density at radius 3 is 2.39 bits per heavy atom. The summed E-state index contributed by atoms with van der Waals surface area (Å²) in [6.45, 7) is 3.21. The van der Waals surface area contributed by atoms with Gasteiger partial charge in [-0.15, -0.1) is 0 Å². The Hall–Kier alpha value is -3.49. The summed E-state index contributed by atoms with van der Waals surface area (Å²) in [4.78, 5) is 17.4. The minimum Gasteiger partial charge on any atom is -0.508 e. The van der Waals surface area contributed by atoms with E-state index in [0.717, 1.165) is 12.1 Å². The Bertz CT molecular complexity index is 1320. The fourth-order valence-electron chi connectivity index (χ4n) is 4.26. The van der Waals surface area contributed by atoms with Gasteiger partial charge >= 0.3 is 0 Å².